The van der Waals surface area contributed by atoms with Crippen LogP contribution in [0.5, 0.6) is 5.75 Å². The lowest BCUT2D eigenvalue weighted by atomic mass is 10.1. The van der Waals surface area contributed by atoms with Gasteiger partial charge in [0, 0.05) is 37.3 Å². The van der Waals surface area contributed by atoms with Crippen molar-refractivity contribution < 1.29 is 9.90 Å². The quantitative estimate of drug-likeness (QED) is 0.730. The average Bonchev–Trinajstić information content (AvgIpc) is 2.74. The molecule has 1 amide bonds. The van der Waals surface area contributed by atoms with Crippen LogP contribution in [0, 0.1) is 0 Å². The Morgan fingerprint density at radius 3 is 2.39 bits per heavy atom. The molecule has 2 N–H and O–H groups in total. The molecule has 5 heteroatoms. The van der Waals surface area contributed by atoms with Crippen molar-refractivity contribution in [1.29, 1.82) is 0 Å². The smallest absolute Gasteiger partial charge is 0.241 e. The number of aromatic hydroxyl groups is 1. The van der Waals surface area contributed by atoms with Gasteiger partial charge in [0.1, 0.15) is 5.75 Å². The molecule has 4 rings (SSSR count). The first-order valence-electron chi connectivity index (χ1n) is 9.69. The van der Waals surface area contributed by atoms with Crippen molar-refractivity contribution in [3.63, 3.8) is 0 Å². The molecule has 0 aliphatic carbocycles. The Morgan fingerprint density at radius 2 is 1.61 bits per heavy atom. The Hall–Kier alpha value is -3.05. The number of phenols is 1. The van der Waals surface area contributed by atoms with Crippen molar-refractivity contribution in [2.45, 2.75) is 13.0 Å². The van der Waals surface area contributed by atoms with E-state index in [1.165, 1.54) is 0 Å². The van der Waals surface area contributed by atoms with Gasteiger partial charge in [0.15, 0.2) is 0 Å². The molecule has 5 nitrogen and oxygen atoms in total. The fourth-order valence-corrected chi connectivity index (χ4v) is 3.82. The van der Waals surface area contributed by atoms with E-state index in [-0.39, 0.29) is 11.9 Å². The summed E-state index contributed by atoms with van der Waals surface area (Å²) in [6, 6.07) is 21.2. The molecule has 0 bridgehead atoms. The van der Waals surface area contributed by atoms with Crippen LogP contribution in [0.3, 0.4) is 0 Å². The number of carbonyl (C=O) groups excluding carboxylic acids is 1. The van der Waals surface area contributed by atoms with Gasteiger partial charge < -0.3 is 15.3 Å². The van der Waals surface area contributed by atoms with E-state index in [1.54, 1.807) is 6.07 Å². The number of rotatable bonds is 4. The van der Waals surface area contributed by atoms with E-state index in [4.69, 9.17) is 0 Å². The number of para-hydroxylation sites is 2. The van der Waals surface area contributed by atoms with Gasteiger partial charge in [-0.15, -0.1) is 0 Å². The Morgan fingerprint density at radius 1 is 0.929 bits per heavy atom. The third-order valence-corrected chi connectivity index (χ3v) is 5.51. The Balaban J connectivity index is 1.40. The fraction of sp³-hybridized carbons (Fsp3) is 0.261. The second-order valence-corrected chi connectivity index (χ2v) is 7.20. The molecule has 1 heterocycles. The molecule has 1 fully saturated rings. The molecule has 28 heavy (non-hydrogen) atoms. The van der Waals surface area contributed by atoms with Gasteiger partial charge >= 0.3 is 0 Å². The van der Waals surface area contributed by atoms with Gasteiger partial charge in [0.2, 0.25) is 5.91 Å². The van der Waals surface area contributed by atoms with E-state index >= 15 is 0 Å². The van der Waals surface area contributed by atoms with Crippen molar-refractivity contribution in [1.82, 2.24) is 4.90 Å². The number of nitrogens with one attached hydrogen (secondary N) is 1. The molecule has 1 atom stereocenters. The fourth-order valence-electron chi connectivity index (χ4n) is 3.82. The van der Waals surface area contributed by atoms with Gasteiger partial charge in [0.05, 0.1) is 11.7 Å². The summed E-state index contributed by atoms with van der Waals surface area (Å²) in [5.74, 6) is 0.310. The van der Waals surface area contributed by atoms with E-state index in [2.05, 4.69) is 15.1 Å². The van der Waals surface area contributed by atoms with E-state index in [0.717, 1.165) is 48.3 Å². The first-order chi connectivity index (χ1) is 13.6. The van der Waals surface area contributed by atoms with Crippen molar-refractivity contribution in [2.24, 2.45) is 0 Å². The largest absolute Gasteiger partial charge is 0.506 e. The van der Waals surface area contributed by atoms with Crippen LogP contribution in [0.25, 0.3) is 10.8 Å². The first-order valence-corrected chi connectivity index (χ1v) is 9.69. The monoisotopic (exact) mass is 375 g/mol. The zero-order valence-electron chi connectivity index (χ0n) is 16.0. The molecule has 3 aromatic rings. The van der Waals surface area contributed by atoms with E-state index in [0.29, 0.717) is 5.75 Å². The number of benzene rings is 3. The van der Waals surface area contributed by atoms with Crippen LogP contribution >= 0.6 is 0 Å². The minimum atomic E-state index is -0.217. The molecule has 144 valence electrons. The van der Waals surface area contributed by atoms with Crippen LogP contribution in [0.1, 0.15) is 6.92 Å². The summed E-state index contributed by atoms with van der Waals surface area (Å²) in [5, 5.41) is 15.3. The normalized spacial score (nSPS) is 16.1. The number of anilines is 2. The summed E-state index contributed by atoms with van der Waals surface area (Å²) in [7, 11) is 0. The molecule has 0 unspecified atom stereocenters. The number of carbonyl (C=O) groups is 1. The van der Waals surface area contributed by atoms with Crippen LogP contribution < -0.4 is 10.2 Å². The Kier molecular flexibility index (Phi) is 5.17. The van der Waals surface area contributed by atoms with E-state index in [9.17, 15) is 9.90 Å². The van der Waals surface area contributed by atoms with Crippen LogP contribution in [0.15, 0.2) is 66.7 Å². The summed E-state index contributed by atoms with van der Waals surface area (Å²) in [5.41, 5.74) is 1.71. The Bertz CT molecular complexity index is 975. The number of amides is 1. The molecule has 3 aromatic carbocycles. The molecule has 0 aromatic heterocycles. The van der Waals surface area contributed by atoms with Crippen LogP contribution in [-0.2, 0) is 4.79 Å². The lowest BCUT2D eigenvalue weighted by Crippen LogP contribution is -2.52. The number of fused-ring (bicyclic) bond motifs is 1. The molecule has 1 aliphatic rings. The first kappa shape index (κ1) is 18.3. The van der Waals surface area contributed by atoms with Crippen LogP contribution in [0.4, 0.5) is 11.4 Å². The number of nitrogens with zero attached hydrogens (tertiary/aromatic N) is 2. The maximum Gasteiger partial charge on any atom is 0.241 e. The number of piperazine rings is 1. The van der Waals surface area contributed by atoms with Crippen molar-refractivity contribution in [3.05, 3.63) is 66.7 Å². The number of hydrogen-bond donors (Lipinski definition) is 2. The summed E-state index contributed by atoms with van der Waals surface area (Å²) in [4.78, 5) is 17.2. The summed E-state index contributed by atoms with van der Waals surface area (Å²) >= 11 is 0. The van der Waals surface area contributed by atoms with Gasteiger partial charge in [-0.1, -0.05) is 48.5 Å². The second kappa shape index (κ2) is 7.90. The summed E-state index contributed by atoms with van der Waals surface area (Å²) in [6.07, 6.45) is 0. The topological polar surface area (TPSA) is 55.8 Å². The maximum absolute atomic E-state index is 12.9. The zero-order chi connectivity index (χ0) is 19.5. The lowest BCUT2D eigenvalue weighted by Gasteiger charge is -2.38. The molecular formula is C23H25N3O2. The van der Waals surface area contributed by atoms with Gasteiger partial charge in [-0.25, -0.2) is 0 Å². The molecule has 0 radical (unpaired) electrons. The molecule has 1 aliphatic heterocycles. The minimum Gasteiger partial charge on any atom is -0.506 e. The standard InChI is InChI=1S/C23H25N3O2/c1-17(23(28)24-20-10-6-8-18-7-2-3-9-19(18)20)25-13-15-26(16-14-25)21-11-4-5-12-22(21)27/h2-12,17,27H,13-16H2,1H3,(H,24,28)/t17-/m1/s1. The third kappa shape index (κ3) is 3.66. The highest BCUT2D eigenvalue weighted by molar-refractivity contribution is 6.03. The van der Waals surface area contributed by atoms with Crippen molar-refractivity contribution in [2.75, 3.05) is 36.4 Å². The predicted molar refractivity (Wildman–Crippen MR) is 114 cm³/mol. The van der Waals surface area contributed by atoms with Crippen molar-refractivity contribution in [3.8, 4) is 5.75 Å². The van der Waals surface area contributed by atoms with Gasteiger partial charge in [-0.2, -0.15) is 0 Å². The number of hydrogen-bond acceptors (Lipinski definition) is 4. The van der Waals surface area contributed by atoms with E-state index < -0.39 is 0 Å². The molecule has 1 saturated heterocycles. The maximum atomic E-state index is 12.9. The summed E-state index contributed by atoms with van der Waals surface area (Å²) in [6.45, 7) is 5.07. The minimum absolute atomic E-state index is 0.00682. The van der Waals surface area contributed by atoms with Gasteiger partial charge in [0.25, 0.3) is 0 Å². The van der Waals surface area contributed by atoms with Gasteiger partial charge in [-0.3, -0.25) is 9.69 Å². The highest BCUT2D eigenvalue weighted by atomic mass is 16.3. The zero-order valence-corrected chi connectivity index (χ0v) is 16.0. The van der Waals surface area contributed by atoms with Gasteiger partial charge in [-0.05, 0) is 30.5 Å². The lowest BCUT2D eigenvalue weighted by molar-refractivity contribution is -0.120. The molecule has 0 spiro atoms. The third-order valence-electron chi connectivity index (χ3n) is 5.51. The second-order valence-electron chi connectivity index (χ2n) is 7.20. The van der Waals surface area contributed by atoms with E-state index in [1.807, 2.05) is 67.6 Å². The molecule has 0 saturated carbocycles. The summed E-state index contributed by atoms with van der Waals surface area (Å²) < 4.78 is 0. The highest BCUT2D eigenvalue weighted by Crippen LogP contribution is 2.28. The molecular weight excluding hydrogens is 350 g/mol. The Labute approximate surface area is 165 Å². The highest BCUT2D eigenvalue weighted by Gasteiger charge is 2.26. The average molecular weight is 375 g/mol. The number of phenolic OH excluding ortho intramolecular Hbond substituents is 1. The SMILES string of the molecule is C[C@H](C(=O)Nc1cccc2ccccc12)N1CCN(c2ccccc2O)CC1. The van der Waals surface area contributed by atoms with Crippen LogP contribution in [-0.4, -0.2) is 48.1 Å². The van der Waals surface area contributed by atoms with Crippen molar-refractivity contribution >= 4 is 28.1 Å². The predicted octanol–water partition coefficient (Wildman–Crippen LogP) is 3.69. The van der Waals surface area contributed by atoms with Crippen LogP contribution in [0.2, 0.25) is 0 Å².